The number of hydrogen-bond donors (Lipinski definition) is 4. The number of Topliss-reactive ketones (excluding diaryl/α,β-unsaturated/α-hetero) is 4. The van der Waals surface area contributed by atoms with Gasteiger partial charge in [-0.25, -0.2) is 0 Å². The minimum atomic E-state index is -3.02. The molecule has 204 valence electrons. The molecule has 5 rings (SSSR count). The van der Waals surface area contributed by atoms with Crippen LogP contribution in [0, 0.1) is 30.6 Å². The molecule has 1 amide bonds. The number of nitrogens with zero attached hydrogens (tertiary/aromatic N) is 1. The highest BCUT2D eigenvalue weighted by Crippen LogP contribution is 2.55. The number of aliphatic hydroxyl groups is 2. The third-order valence-electron chi connectivity index (χ3n) is 8.73. The Bertz CT molecular complexity index is 1420. The molecule has 8 unspecified atom stereocenters. The van der Waals surface area contributed by atoms with Gasteiger partial charge < -0.3 is 21.1 Å². The fourth-order valence-electron chi connectivity index (χ4n) is 6.99. The maximum absolute atomic E-state index is 14.1. The van der Waals surface area contributed by atoms with Crippen molar-refractivity contribution in [3.63, 3.8) is 0 Å². The number of phenolic OH excluding ortho intramolecular Hbond substituents is 1. The van der Waals surface area contributed by atoms with Gasteiger partial charge in [-0.1, -0.05) is 42.0 Å². The molecule has 10 heteroatoms. The molecule has 0 heterocycles. The fourth-order valence-corrected chi connectivity index (χ4v) is 6.99. The zero-order valence-corrected chi connectivity index (χ0v) is 21.7. The van der Waals surface area contributed by atoms with E-state index >= 15 is 0 Å². The molecule has 0 spiro atoms. The van der Waals surface area contributed by atoms with E-state index in [1.165, 1.54) is 25.1 Å². The lowest BCUT2D eigenvalue weighted by Crippen LogP contribution is -2.77. The molecule has 0 saturated heterocycles. The summed E-state index contributed by atoms with van der Waals surface area (Å²) >= 11 is 0. The van der Waals surface area contributed by atoms with E-state index in [1.807, 2.05) is 31.2 Å². The average molecular weight is 535 g/mol. The Morgan fingerprint density at radius 2 is 1.67 bits per heavy atom. The van der Waals surface area contributed by atoms with Gasteiger partial charge in [0.2, 0.25) is 5.91 Å². The number of ketones is 4. The first kappa shape index (κ1) is 26.9. The standard InChI is InChI=1S/C29H30N2O8/c1-12-7-9-13(10-8-12)11-15-14-5-4-6-16(32)17(14)23(33)19-18(15)24(34)21-22(31(2)3)25(35)20(28(30)38)27(37)29(21,39)26(19)36/h4-10,15,18-22,24,32,34,39H,11H2,1-3H3,(H2,30,38). The summed E-state index contributed by atoms with van der Waals surface area (Å²) < 4.78 is 0. The number of carbonyl (C=O) groups is 5. The van der Waals surface area contributed by atoms with Crippen LogP contribution in [-0.2, 0) is 25.6 Å². The molecule has 8 atom stereocenters. The molecule has 39 heavy (non-hydrogen) atoms. The Labute approximate surface area is 224 Å². The zero-order valence-electron chi connectivity index (χ0n) is 21.7. The number of rotatable bonds is 4. The van der Waals surface area contributed by atoms with Crippen LogP contribution in [0.4, 0.5) is 0 Å². The van der Waals surface area contributed by atoms with Crippen molar-refractivity contribution < 1.29 is 39.3 Å². The quantitative estimate of drug-likeness (QED) is 0.391. The summed E-state index contributed by atoms with van der Waals surface area (Å²) in [6.07, 6.45) is -1.42. The highest BCUT2D eigenvalue weighted by atomic mass is 16.3. The van der Waals surface area contributed by atoms with Gasteiger partial charge in [0.15, 0.2) is 34.7 Å². The van der Waals surface area contributed by atoms with Crippen LogP contribution in [0.5, 0.6) is 5.75 Å². The summed E-state index contributed by atoms with van der Waals surface area (Å²) in [6.45, 7) is 1.93. The Morgan fingerprint density at radius 3 is 2.26 bits per heavy atom. The molecule has 5 N–H and O–H groups in total. The lowest BCUT2D eigenvalue weighted by Gasteiger charge is -2.56. The summed E-state index contributed by atoms with van der Waals surface area (Å²) in [5, 5.41) is 34.3. The lowest BCUT2D eigenvalue weighted by molar-refractivity contribution is -0.197. The van der Waals surface area contributed by atoms with Crippen molar-refractivity contribution >= 4 is 29.0 Å². The number of aromatic hydroxyl groups is 1. The molecule has 2 saturated carbocycles. The molecular weight excluding hydrogens is 504 g/mol. The van der Waals surface area contributed by atoms with E-state index in [0.717, 1.165) is 11.1 Å². The van der Waals surface area contributed by atoms with E-state index in [-0.39, 0.29) is 17.7 Å². The number of primary amides is 1. The van der Waals surface area contributed by atoms with E-state index in [0.29, 0.717) is 5.56 Å². The van der Waals surface area contributed by atoms with E-state index < -0.39 is 76.4 Å². The summed E-state index contributed by atoms with van der Waals surface area (Å²) in [7, 11) is 2.92. The van der Waals surface area contributed by atoms with Crippen molar-refractivity contribution in [2.45, 2.75) is 37.0 Å². The topological polar surface area (TPSA) is 175 Å². The van der Waals surface area contributed by atoms with Crippen LogP contribution in [0.3, 0.4) is 0 Å². The van der Waals surface area contributed by atoms with Crippen molar-refractivity contribution in [2.75, 3.05) is 14.1 Å². The number of benzene rings is 2. The number of carbonyl (C=O) groups excluding carboxylic acids is 5. The predicted molar refractivity (Wildman–Crippen MR) is 137 cm³/mol. The molecular formula is C29H30N2O8. The molecule has 0 bridgehead atoms. The number of amides is 1. The van der Waals surface area contributed by atoms with Crippen LogP contribution in [0.25, 0.3) is 0 Å². The molecule has 2 aromatic carbocycles. The van der Waals surface area contributed by atoms with Crippen molar-refractivity contribution in [1.29, 1.82) is 0 Å². The zero-order chi connectivity index (χ0) is 28.5. The minimum absolute atomic E-state index is 0.117. The van der Waals surface area contributed by atoms with E-state index in [9.17, 15) is 39.3 Å². The Kier molecular flexibility index (Phi) is 6.32. The second-order valence-corrected chi connectivity index (χ2v) is 11.1. The van der Waals surface area contributed by atoms with Gasteiger partial charge in [-0.3, -0.25) is 28.9 Å². The van der Waals surface area contributed by atoms with Crippen molar-refractivity contribution in [3.8, 4) is 5.75 Å². The third-order valence-corrected chi connectivity index (χ3v) is 8.73. The highest BCUT2D eigenvalue weighted by molar-refractivity contribution is 6.32. The second kappa shape index (κ2) is 9.18. The third kappa shape index (κ3) is 3.70. The first-order valence-corrected chi connectivity index (χ1v) is 12.7. The maximum Gasteiger partial charge on any atom is 0.235 e. The number of fused-ring (bicyclic) bond motifs is 3. The van der Waals surface area contributed by atoms with E-state index in [2.05, 4.69) is 0 Å². The highest BCUT2D eigenvalue weighted by Gasteiger charge is 2.73. The SMILES string of the molecule is Cc1ccc(CC2c3cccc(O)c3C(=O)C3C(=O)C4(O)C(=O)C(C(N)=O)C(=O)C(N(C)C)C4C(O)C32)cc1. The number of likely N-dealkylation sites (N-methyl/N-ethyl adjacent to an activating group) is 1. The van der Waals surface area contributed by atoms with Gasteiger partial charge in [0.25, 0.3) is 0 Å². The molecule has 0 aliphatic heterocycles. The van der Waals surface area contributed by atoms with E-state index in [4.69, 9.17) is 5.73 Å². The Hall–Kier alpha value is -3.73. The molecule has 3 aliphatic carbocycles. The van der Waals surface area contributed by atoms with Gasteiger partial charge in [-0.05, 0) is 50.6 Å². The van der Waals surface area contributed by atoms with Crippen molar-refractivity contribution in [1.82, 2.24) is 4.90 Å². The molecule has 2 fully saturated rings. The van der Waals surface area contributed by atoms with Gasteiger partial charge in [0, 0.05) is 5.92 Å². The normalized spacial score (nSPS) is 33.9. The van der Waals surface area contributed by atoms with Gasteiger partial charge in [0.05, 0.1) is 29.5 Å². The maximum atomic E-state index is 14.1. The fraction of sp³-hybridized carbons (Fsp3) is 0.414. The van der Waals surface area contributed by atoms with Gasteiger partial charge in [-0.2, -0.15) is 0 Å². The summed E-state index contributed by atoms with van der Waals surface area (Å²) in [4.78, 5) is 68.2. The van der Waals surface area contributed by atoms with Crippen molar-refractivity contribution in [3.05, 3.63) is 64.7 Å². The molecule has 2 aromatic rings. The molecule has 3 aliphatic rings. The predicted octanol–water partition coefficient (Wildman–Crippen LogP) is -0.0700. The number of aryl methyl sites for hydroxylation is 1. The van der Waals surface area contributed by atoms with Gasteiger partial charge >= 0.3 is 0 Å². The van der Waals surface area contributed by atoms with Crippen molar-refractivity contribution in [2.24, 2.45) is 29.4 Å². The largest absolute Gasteiger partial charge is 0.507 e. The smallest absolute Gasteiger partial charge is 0.235 e. The van der Waals surface area contributed by atoms with E-state index in [1.54, 1.807) is 12.1 Å². The number of hydrogen-bond acceptors (Lipinski definition) is 9. The number of nitrogens with two attached hydrogens (primary N) is 1. The number of phenols is 1. The van der Waals surface area contributed by atoms with Crippen LogP contribution in [0.1, 0.15) is 33.0 Å². The first-order chi connectivity index (χ1) is 18.3. The molecule has 0 aromatic heterocycles. The van der Waals surface area contributed by atoms with Crippen LogP contribution >= 0.6 is 0 Å². The van der Waals surface area contributed by atoms with Gasteiger partial charge in [0.1, 0.15) is 5.75 Å². The molecule has 0 radical (unpaired) electrons. The van der Waals surface area contributed by atoms with Gasteiger partial charge in [-0.15, -0.1) is 0 Å². The first-order valence-electron chi connectivity index (χ1n) is 12.7. The Morgan fingerprint density at radius 1 is 1.03 bits per heavy atom. The van der Waals surface area contributed by atoms with Crippen LogP contribution < -0.4 is 5.73 Å². The average Bonchev–Trinajstić information content (AvgIpc) is 2.86. The monoisotopic (exact) mass is 534 g/mol. The lowest BCUT2D eigenvalue weighted by atomic mass is 9.49. The van der Waals surface area contributed by atoms with Crippen LogP contribution in [0.15, 0.2) is 42.5 Å². The van der Waals surface area contributed by atoms with Crippen LogP contribution in [0.2, 0.25) is 0 Å². The summed E-state index contributed by atoms with van der Waals surface area (Å²) in [5.41, 5.74) is 4.48. The minimum Gasteiger partial charge on any atom is -0.507 e. The second-order valence-electron chi connectivity index (χ2n) is 11.1. The summed E-state index contributed by atoms with van der Waals surface area (Å²) in [5.74, 6) is -13.4. The number of aliphatic hydroxyl groups excluding tert-OH is 1. The van der Waals surface area contributed by atoms with Crippen LogP contribution in [-0.4, -0.2) is 81.1 Å². The summed E-state index contributed by atoms with van der Waals surface area (Å²) in [6, 6.07) is 10.7. The molecule has 10 nitrogen and oxygen atoms in total. The Balaban J connectivity index is 1.73.